The van der Waals surface area contributed by atoms with Gasteiger partial charge in [-0.3, -0.25) is 0 Å². The molecule has 5 nitrogen and oxygen atoms in total. The van der Waals surface area contributed by atoms with E-state index in [0.717, 1.165) is 28.9 Å². The number of nitrogens with one attached hydrogen (secondary N) is 1. The minimum Gasteiger partial charge on any atom is -0.489 e. The van der Waals surface area contributed by atoms with Crippen LogP contribution in [0.2, 0.25) is 0 Å². The van der Waals surface area contributed by atoms with Crippen molar-refractivity contribution >= 4 is 11.5 Å². The Labute approximate surface area is 184 Å². The predicted octanol–water partition coefficient (Wildman–Crippen LogP) is 5.54. The lowest BCUT2D eigenvalue weighted by molar-refractivity contribution is -0.137. The molecule has 1 aliphatic rings. The molecule has 1 N–H and O–H groups in total. The van der Waals surface area contributed by atoms with Crippen molar-refractivity contribution in [2.75, 3.05) is 23.4 Å². The fourth-order valence-electron chi connectivity index (χ4n) is 3.65. The lowest BCUT2D eigenvalue weighted by atomic mass is 10.1. The van der Waals surface area contributed by atoms with Crippen LogP contribution in [-0.4, -0.2) is 18.1 Å². The zero-order valence-electron chi connectivity index (χ0n) is 17.4. The minimum absolute atomic E-state index is 0.0865. The molecule has 0 saturated carbocycles. The Hall–Kier alpha value is -3.73. The topological polar surface area (TPSA) is 61.2 Å². The van der Waals surface area contributed by atoms with Crippen LogP contribution >= 0.6 is 0 Å². The normalized spacial score (nSPS) is 14.2. The van der Waals surface area contributed by atoms with Crippen molar-refractivity contribution in [1.82, 2.24) is 4.98 Å². The summed E-state index contributed by atoms with van der Waals surface area (Å²) in [6.07, 6.45) is -2.69. The summed E-state index contributed by atoms with van der Waals surface area (Å²) < 4.78 is 44.4. The van der Waals surface area contributed by atoms with Crippen LogP contribution in [0.15, 0.2) is 60.8 Å². The number of benzene rings is 2. The molecule has 0 saturated heterocycles. The van der Waals surface area contributed by atoms with Gasteiger partial charge in [-0.1, -0.05) is 24.3 Å². The van der Waals surface area contributed by atoms with Crippen molar-refractivity contribution in [3.8, 4) is 11.8 Å². The summed E-state index contributed by atoms with van der Waals surface area (Å²) in [5.74, 6) is 1.30. The van der Waals surface area contributed by atoms with E-state index < -0.39 is 11.7 Å². The highest BCUT2D eigenvalue weighted by molar-refractivity contribution is 5.74. The van der Waals surface area contributed by atoms with Crippen LogP contribution in [0.3, 0.4) is 0 Å². The molecule has 8 heteroatoms. The van der Waals surface area contributed by atoms with Crippen LogP contribution in [0.5, 0.6) is 5.75 Å². The molecule has 1 aromatic heterocycles. The van der Waals surface area contributed by atoms with Gasteiger partial charge in [-0.2, -0.15) is 18.4 Å². The van der Waals surface area contributed by atoms with Crippen molar-refractivity contribution in [3.63, 3.8) is 0 Å². The molecule has 4 rings (SSSR count). The number of alkyl halides is 3. The Kier molecular flexibility index (Phi) is 5.91. The summed E-state index contributed by atoms with van der Waals surface area (Å²) >= 11 is 0. The van der Waals surface area contributed by atoms with Gasteiger partial charge in [0.05, 0.1) is 29.8 Å². The van der Waals surface area contributed by atoms with E-state index in [-0.39, 0.29) is 6.04 Å². The Balaban J connectivity index is 1.57. The highest BCUT2D eigenvalue weighted by Crippen LogP contribution is 2.39. The summed E-state index contributed by atoms with van der Waals surface area (Å²) in [6, 6.07) is 16.3. The number of nitrogens with zero attached hydrogens (tertiary/aromatic N) is 3. The standard InChI is InChI=1S/C24H21F3N4O/c1-16(19-6-2-17(14-28)3-7-19)30-23-22-21(10-11-29-23)32-13-12-31(22)15-18-4-8-20(9-5-18)24(25,26)27/h2-11,16H,12-13,15H2,1H3,(H,29,30)/t16-/m0/s1. The maximum atomic E-state index is 12.9. The van der Waals surface area contributed by atoms with E-state index in [1.54, 1.807) is 24.4 Å². The molecule has 1 atom stereocenters. The lowest BCUT2D eigenvalue weighted by Gasteiger charge is -2.33. The zero-order valence-corrected chi connectivity index (χ0v) is 17.4. The van der Waals surface area contributed by atoms with Gasteiger partial charge in [-0.05, 0) is 42.3 Å². The Morgan fingerprint density at radius 2 is 1.84 bits per heavy atom. The van der Waals surface area contributed by atoms with E-state index in [2.05, 4.69) is 21.3 Å². The Morgan fingerprint density at radius 3 is 2.50 bits per heavy atom. The van der Waals surface area contributed by atoms with Crippen LogP contribution < -0.4 is 15.0 Å². The van der Waals surface area contributed by atoms with Gasteiger partial charge in [-0.15, -0.1) is 0 Å². The summed E-state index contributed by atoms with van der Waals surface area (Å²) in [5, 5.41) is 12.4. The quantitative estimate of drug-likeness (QED) is 0.566. The Morgan fingerprint density at radius 1 is 1.12 bits per heavy atom. The molecular formula is C24H21F3N4O. The van der Waals surface area contributed by atoms with E-state index in [4.69, 9.17) is 10.00 Å². The SMILES string of the molecule is C[C@H](Nc1nccc2c1N(Cc1ccc(C(F)(F)F)cc1)CCO2)c1ccc(C#N)cc1. The number of nitriles is 1. The van der Waals surface area contributed by atoms with Crippen molar-refractivity contribution in [2.24, 2.45) is 0 Å². The lowest BCUT2D eigenvalue weighted by Crippen LogP contribution is -2.33. The third-order valence-electron chi connectivity index (χ3n) is 5.37. The van der Waals surface area contributed by atoms with E-state index in [9.17, 15) is 13.2 Å². The summed E-state index contributed by atoms with van der Waals surface area (Å²) in [4.78, 5) is 6.55. The van der Waals surface area contributed by atoms with Gasteiger partial charge >= 0.3 is 6.18 Å². The number of hydrogen-bond donors (Lipinski definition) is 1. The Bertz CT molecular complexity index is 1120. The van der Waals surface area contributed by atoms with E-state index in [1.165, 1.54) is 12.1 Å². The maximum absolute atomic E-state index is 12.9. The first kappa shape index (κ1) is 21.5. The summed E-state index contributed by atoms with van der Waals surface area (Å²) in [7, 11) is 0. The van der Waals surface area contributed by atoms with E-state index in [0.29, 0.717) is 36.8 Å². The second-order valence-electron chi connectivity index (χ2n) is 7.57. The molecule has 0 amide bonds. The second-order valence-corrected chi connectivity index (χ2v) is 7.57. The molecule has 2 aromatic carbocycles. The molecule has 0 aliphatic carbocycles. The molecule has 1 aliphatic heterocycles. The molecule has 3 aromatic rings. The van der Waals surface area contributed by atoms with Crippen molar-refractivity contribution in [3.05, 3.63) is 83.0 Å². The van der Waals surface area contributed by atoms with Crippen molar-refractivity contribution in [2.45, 2.75) is 25.7 Å². The number of anilines is 2. The molecular weight excluding hydrogens is 417 g/mol. The highest BCUT2D eigenvalue weighted by atomic mass is 19.4. The molecule has 0 spiro atoms. The van der Waals surface area contributed by atoms with Gasteiger partial charge in [0.15, 0.2) is 5.82 Å². The van der Waals surface area contributed by atoms with Gasteiger partial charge in [0, 0.05) is 18.8 Å². The van der Waals surface area contributed by atoms with Gasteiger partial charge in [0.2, 0.25) is 0 Å². The van der Waals surface area contributed by atoms with Gasteiger partial charge in [-0.25, -0.2) is 4.98 Å². The number of fused-ring (bicyclic) bond motifs is 1. The van der Waals surface area contributed by atoms with Gasteiger partial charge in [0.1, 0.15) is 18.0 Å². The maximum Gasteiger partial charge on any atom is 0.416 e. The second kappa shape index (κ2) is 8.79. The number of rotatable bonds is 5. The molecule has 2 heterocycles. The largest absolute Gasteiger partial charge is 0.489 e. The molecule has 164 valence electrons. The number of hydrogen-bond acceptors (Lipinski definition) is 5. The van der Waals surface area contributed by atoms with Crippen LogP contribution in [0.1, 0.15) is 35.2 Å². The zero-order chi connectivity index (χ0) is 22.7. The van der Waals surface area contributed by atoms with Gasteiger partial charge < -0.3 is 15.0 Å². The third-order valence-corrected chi connectivity index (χ3v) is 5.37. The summed E-state index contributed by atoms with van der Waals surface area (Å²) in [6.45, 7) is 3.48. The highest BCUT2D eigenvalue weighted by Gasteiger charge is 2.30. The molecule has 0 unspecified atom stereocenters. The first-order valence-electron chi connectivity index (χ1n) is 10.1. The molecule has 0 radical (unpaired) electrons. The van der Waals surface area contributed by atoms with Crippen LogP contribution in [0.25, 0.3) is 0 Å². The average molecular weight is 438 g/mol. The first-order valence-corrected chi connectivity index (χ1v) is 10.1. The minimum atomic E-state index is -4.35. The summed E-state index contributed by atoms with van der Waals surface area (Å²) in [5.41, 5.74) is 2.46. The smallest absolute Gasteiger partial charge is 0.416 e. The van der Waals surface area contributed by atoms with E-state index in [1.807, 2.05) is 19.1 Å². The molecule has 0 fully saturated rings. The van der Waals surface area contributed by atoms with Crippen molar-refractivity contribution in [1.29, 1.82) is 5.26 Å². The molecule has 32 heavy (non-hydrogen) atoms. The number of aromatic nitrogens is 1. The average Bonchev–Trinajstić information content (AvgIpc) is 2.79. The van der Waals surface area contributed by atoms with E-state index >= 15 is 0 Å². The number of pyridine rings is 1. The fourth-order valence-corrected chi connectivity index (χ4v) is 3.65. The number of ether oxygens (including phenoxy) is 1. The van der Waals surface area contributed by atoms with Crippen LogP contribution in [-0.2, 0) is 12.7 Å². The number of halogens is 3. The third kappa shape index (κ3) is 4.62. The predicted molar refractivity (Wildman–Crippen MR) is 115 cm³/mol. The van der Waals surface area contributed by atoms with Crippen LogP contribution in [0, 0.1) is 11.3 Å². The monoisotopic (exact) mass is 438 g/mol. The fraction of sp³-hybridized carbons (Fsp3) is 0.250. The first-order chi connectivity index (χ1) is 15.3. The van der Waals surface area contributed by atoms with Crippen LogP contribution in [0.4, 0.5) is 24.7 Å². The van der Waals surface area contributed by atoms with Gasteiger partial charge in [0.25, 0.3) is 0 Å². The molecule has 0 bridgehead atoms. The van der Waals surface area contributed by atoms with Crippen molar-refractivity contribution < 1.29 is 17.9 Å².